The van der Waals surface area contributed by atoms with Crippen LogP contribution in [0.25, 0.3) is 11.1 Å². The van der Waals surface area contributed by atoms with Gasteiger partial charge in [0.05, 0.1) is 5.56 Å². The predicted molar refractivity (Wildman–Crippen MR) is 139 cm³/mol. The zero-order valence-corrected chi connectivity index (χ0v) is 20.8. The van der Waals surface area contributed by atoms with Gasteiger partial charge in [-0.3, -0.25) is 4.79 Å². The molecule has 0 aromatic heterocycles. The van der Waals surface area contributed by atoms with Crippen LogP contribution in [0.15, 0.2) is 66.7 Å². The molecule has 3 N–H and O–H groups in total. The number of fused-ring (bicyclic) bond motifs is 1. The first kappa shape index (κ1) is 26.2. The number of hydrogen-bond donors (Lipinski definition) is 3. The Balaban J connectivity index is 1.44. The molecule has 1 atom stereocenters. The molecule has 0 unspecified atom stereocenters. The third-order valence-electron chi connectivity index (χ3n) is 6.08. The number of nitrogens with one attached hydrogen (secondary N) is 2. The lowest BCUT2D eigenvalue weighted by molar-refractivity contribution is -0.144. The molecule has 0 saturated carbocycles. The molecule has 3 aromatic carbocycles. The number of hydrogen-bond acceptors (Lipinski definition) is 3. The summed E-state index contributed by atoms with van der Waals surface area (Å²) in [4.78, 5) is 25.9. The summed E-state index contributed by atoms with van der Waals surface area (Å²) in [7, 11) is 0. The molecule has 1 amide bonds. The van der Waals surface area contributed by atoms with Crippen molar-refractivity contribution in [2.75, 3.05) is 10.6 Å². The van der Waals surface area contributed by atoms with Gasteiger partial charge in [-0.1, -0.05) is 38.1 Å². The number of amides is 1. The Hall–Kier alpha value is -3.92. The van der Waals surface area contributed by atoms with Gasteiger partial charge in [-0.25, -0.2) is 4.79 Å². The summed E-state index contributed by atoms with van der Waals surface area (Å²) in [6.45, 7) is 3.78. The number of carbonyl (C=O) groups excluding carboxylic acids is 1. The Bertz CT molecular complexity index is 1360. The molecule has 3 aromatic rings. The maximum atomic E-state index is 12.9. The summed E-state index contributed by atoms with van der Waals surface area (Å²) in [5.74, 6) is -1.55. The Labute approximate surface area is 217 Å². The molecule has 4 rings (SSSR count). The van der Waals surface area contributed by atoms with Crippen molar-refractivity contribution in [3.05, 3.63) is 83.4 Å². The average molecular weight is 528 g/mol. The summed E-state index contributed by atoms with van der Waals surface area (Å²) < 4.78 is 38.8. The maximum Gasteiger partial charge on any atom is 0.416 e. The van der Waals surface area contributed by atoms with Crippen LogP contribution >= 0.6 is 12.2 Å². The maximum absolute atomic E-state index is 12.9. The summed E-state index contributed by atoms with van der Waals surface area (Å²) in [5.41, 5.74) is 3.08. The highest BCUT2D eigenvalue weighted by Crippen LogP contribution is 2.32. The van der Waals surface area contributed by atoms with Crippen LogP contribution in [-0.4, -0.2) is 33.0 Å². The minimum absolute atomic E-state index is 0.140. The van der Waals surface area contributed by atoms with E-state index in [0.29, 0.717) is 11.3 Å². The highest BCUT2D eigenvalue weighted by Gasteiger charge is 2.38. The second kappa shape index (κ2) is 10.2. The van der Waals surface area contributed by atoms with E-state index in [9.17, 15) is 27.9 Å². The Kier molecular flexibility index (Phi) is 7.22. The second-order valence-electron chi connectivity index (χ2n) is 9.07. The molecule has 0 radical (unpaired) electrons. The molecule has 0 bridgehead atoms. The van der Waals surface area contributed by atoms with E-state index >= 15 is 0 Å². The van der Waals surface area contributed by atoms with E-state index < -0.39 is 23.8 Å². The van der Waals surface area contributed by atoms with Gasteiger partial charge in [0.1, 0.15) is 6.04 Å². The molecule has 0 spiro atoms. The number of halogens is 3. The average Bonchev–Trinajstić information content (AvgIpc) is 3.14. The van der Waals surface area contributed by atoms with Crippen LogP contribution < -0.4 is 10.6 Å². The fourth-order valence-electron chi connectivity index (χ4n) is 4.34. The van der Waals surface area contributed by atoms with Crippen molar-refractivity contribution < 1.29 is 27.9 Å². The van der Waals surface area contributed by atoms with Crippen molar-refractivity contribution in [3.8, 4) is 11.1 Å². The molecular formula is C27H24F3N3O3S. The number of benzene rings is 3. The first-order valence-corrected chi connectivity index (χ1v) is 11.9. The van der Waals surface area contributed by atoms with Gasteiger partial charge in [0, 0.05) is 23.5 Å². The van der Waals surface area contributed by atoms with Gasteiger partial charge in [-0.2, -0.15) is 13.2 Å². The monoisotopic (exact) mass is 527 g/mol. The minimum Gasteiger partial charge on any atom is -0.480 e. The van der Waals surface area contributed by atoms with Gasteiger partial charge in [0.2, 0.25) is 0 Å². The fraction of sp³-hybridized carbons (Fsp3) is 0.222. The number of rotatable bonds is 6. The molecule has 37 heavy (non-hydrogen) atoms. The van der Waals surface area contributed by atoms with Crippen molar-refractivity contribution in [3.63, 3.8) is 0 Å². The molecule has 1 heterocycles. The lowest BCUT2D eigenvalue weighted by atomic mass is 10.0. The summed E-state index contributed by atoms with van der Waals surface area (Å²) >= 11 is 5.23. The van der Waals surface area contributed by atoms with Gasteiger partial charge in [-0.15, -0.1) is 0 Å². The largest absolute Gasteiger partial charge is 0.480 e. The smallest absolute Gasteiger partial charge is 0.416 e. The first-order chi connectivity index (χ1) is 17.4. The zero-order valence-electron chi connectivity index (χ0n) is 20.0. The summed E-state index contributed by atoms with van der Waals surface area (Å²) in [6, 6.07) is 16.5. The Morgan fingerprint density at radius 2 is 1.62 bits per heavy atom. The third kappa shape index (κ3) is 5.75. The van der Waals surface area contributed by atoms with Gasteiger partial charge < -0.3 is 20.6 Å². The van der Waals surface area contributed by atoms with Crippen LogP contribution in [0.1, 0.15) is 35.3 Å². The number of carboxylic acids is 1. The number of aliphatic carboxylic acids is 1. The fourth-order valence-corrected chi connectivity index (χ4v) is 4.57. The summed E-state index contributed by atoms with van der Waals surface area (Å²) in [6.07, 6.45) is -4.45. The van der Waals surface area contributed by atoms with Crippen molar-refractivity contribution in [2.45, 2.75) is 32.6 Å². The van der Waals surface area contributed by atoms with Crippen LogP contribution in [-0.2, 0) is 17.5 Å². The zero-order chi connectivity index (χ0) is 26.9. The Morgan fingerprint density at radius 3 is 2.24 bits per heavy atom. The molecular weight excluding hydrogens is 503 g/mol. The Morgan fingerprint density at radius 1 is 0.973 bits per heavy atom. The third-order valence-corrected chi connectivity index (χ3v) is 6.29. The van der Waals surface area contributed by atoms with Gasteiger partial charge in [0.15, 0.2) is 5.11 Å². The molecule has 0 fully saturated rings. The van der Waals surface area contributed by atoms with Crippen molar-refractivity contribution >= 4 is 40.6 Å². The SMILES string of the molecule is CC(C)[C@@H](C(=O)O)N1Cc2cc(-c3ccc(NC(=S)Nc4cccc(C(F)(F)F)c4)cc3)ccc2C1=O. The van der Waals surface area contributed by atoms with Crippen LogP contribution in [0, 0.1) is 5.92 Å². The van der Waals surface area contributed by atoms with Crippen LogP contribution in [0.5, 0.6) is 0 Å². The molecule has 1 aliphatic heterocycles. The van der Waals surface area contributed by atoms with Gasteiger partial charge in [-0.05, 0) is 77.3 Å². The predicted octanol–water partition coefficient (Wildman–Crippen LogP) is 6.25. The number of carbonyl (C=O) groups is 2. The van der Waals surface area contributed by atoms with Gasteiger partial charge >= 0.3 is 12.1 Å². The highest BCUT2D eigenvalue weighted by molar-refractivity contribution is 7.80. The van der Waals surface area contributed by atoms with E-state index in [1.54, 1.807) is 32.0 Å². The normalized spacial score (nSPS) is 13.9. The van der Waals surface area contributed by atoms with Crippen molar-refractivity contribution in [1.82, 2.24) is 4.90 Å². The minimum atomic E-state index is -4.45. The standard InChI is InChI=1S/C27H24F3N3O3S/c1-15(2)23(25(35)36)33-14-18-12-17(8-11-22(18)24(33)34)16-6-9-20(10-7-16)31-26(37)32-21-5-3-4-19(13-21)27(28,29)30/h3-13,15,23H,14H2,1-2H3,(H,35,36)(H2,31,32,37)/t23-/m0/s1. The highest BCUT2D eigenvalue weighted by atomic mass is 32.1. The van der Waals surface area contributed by atoms with E-state index in [2.05, 4.69) is 10.6 Å². The van der Waals surface area contributed by atoms with Crippen molar-refractivity contribution in [1.29, 1.82) is 0 Å². The van der Waals surface area contributed by atoms with E-state index in [4.69, 9.17) is 12.2 Å². The quantitative estimate of drug-likeness (QED) is 0.329. The summed E-state index contributed by atoms with van der Waals surface area (Å²) in [5, 5.41) is 15.4. The van der Waals surface area contributed by atoms with Crippen molar-refractivity contribution in [2.24, 2.45) is 5.92 Å². The lowest BCUT2D eigenvalue weighted by Gasteiger charge is -2.27. The van der Waals surface area contributed by atoms with E-state index in [-0.39, 0.29) is 29.2 Å². The van der Waals surface area contributed by atoms with Gasteiger partial charge in [0.25, 0.3) is 5.91 Å². The van der Waals surface area contributed by atoms with E-state index in [1.165, 1.54) is 17.0 Å². The molecule has 6 nitrogen and oxygen atoms in total. The molecule has 0 aliphatic carbocycles. The number of alkyl halides is 3. The molecule has 0 saturated heterocycles. The van der Waals surface area contributed by atoms with E-state index in [1.807, 2.05) is 24.3 Å². The number of anilines is 2. The van der Waals surface area contributed by atoms with Crippen LogP contribution in [0.3, 0.4) is 0 Å². The van der Waals surface area contributed by atoms with E-state index in [0.717, 1.165) is 28.8 Å². The first-order valence-electron chi connectivity index (χ1n) is 11.5. The second-order valence-corrected chi connectivity index (χ2v) is 9.48. The number of nitrogens with zero attached hydrogens (tertiary/aromatic N) is 1. The topological polar surface area (TPSA) is 81.7 Å². The molecule has 192 valence electrons. The molecule has 10 heteroatoms. The molecule has 1 aliphatic rings. The number of thiocarbonyl (C=S) groups is 1. The lowest BCUT2D eigenvalue weighted by Crippen LogP contribution is -2.44. The van der Waals surface area contributed by atoms with Crippen LogP contribution in [0.2, 0.25) is 0 Å². The number of carboxylic acid groups (broad SMARTS) is 1. The van der Waals surface area contributed by atoms with Crippen LogP contribution in [0.4, 0.5) is 24.5 Å².